The van der Waals surface area contributed by atoms with E-state index < -0.39 is 30.2 Å². The lowest BCUT2D eigenvalue weighted by Crippen LogP contribution is -2.57. The number of carbonyl (C=O) groups is 4. The predicted molar refractivity (Wildman–Crippen MR) is 147 cm³/mol. The van der Waals surface area contributed by atoms with Crippen molar-refractivity contribution in [1.29, 1.82) is 0 Å². The van der Waals surface area contributed by atoms with Gasteiger partial charge in [-0.15, -0.1) is 0 Å². The van der Waals surface area contributed by atoms with Crippen LogP contribution in [0.15, 0.2) is 48.5 Å². The van der Waals surface area contributed by atoms with Crippen LogP contribution in [0, 0.1) is 0 Å². The molecule has 2 aromatic rings. The summed E-state index contributed by atoms with van der Waals surface area (Å²) in [5.74, 6) is -0.322. The van der Waals surface area contributed by atoms with Gasteiger partial charge in [0.15, 0.2) is 11.5 Å². The zero-order valence-electron chi connectivity index (χ0n) is 23.0. The minimum absolute atomic E-state index is 0.0701. The van der Waals surface area contributed by atoms with Gasteiger partial charge in [-0.25, -0.2) is 9.59 Å². The van der Waals surface area contributed by atoms with Gasteiger partial charge in [0.25, 0.3) is 0 Å². The number of rotatable bonds is 11. The number of fused-ring (bicyclic) bond motifs is 1. The number of carboxylic acid groups (broad SMARTS) is 1. The molecule has 220 valence electrons. The number of carboxylic acids is 1. The van der Waals surface area contributed by atoms with Crippen molar-refractivity contribution in [2.45, 2.75) is 51.3 Å². The van der Waals surface area contributed by atoms with Crippen molar-refractivity contribution in [3.8, 4) is 11.5 Å². The summed E-state index contributed by atoms with van der Waals surface area (Å²) in [6.45, 7) is 3.48. The van der Waals surface area contributed by atoms with Crippen LogP contribution < -0.4 is 20.1 Å². The van der Waals surface area contributed by atoms with Gasteiger partial charge in [-0.1, -0.05) is 56.2 Å². The molecule has 41 heavy (non-hydrogen) atoms. The smallest absolute Gasteiger partial charge is 0.410 e. The Kier molecular flexibility index (Phi) is 10.2. The molecule has 2 atom stereocenters. The molecule has 0 aliphatic carbocycles. The zero-order chi connectivity index (χ0) is 29.2. The fourth-order valence-electron chi connectivity index (χ4n) is 4.72. The first-order chi connectivity index (χ1) is 19.8. The Morgan fingerprint density at radius 1 is 0.951 bits per heavy atom. The van der Waals surface area contributed by atoms with E-state index in [0.717, 1.165) is 12.0 Å². The van der Waals surface area contributed by atoms with Gasteiger partial charge >= 0.3 is 18.1 Å². The van der Waals surface area contributed by atoms with Gasteiger partial charge in [0.1, 0.15) is 12.6 Å². The fourth-order valence-corrected chi connectivity index (χ4v) is 4.72. The first kappa shape index (κ1) is 29.5. The van der Waals surface area contributed by atoms with Crippen molar-refractivity contribution in [3.63, 3.8) is 0 Å². The number of carbonyl (C=O) groups excluding carboxylic acids is 3. The van der Waals surface area contributed by atoms with E-state index in [1.807, 2.05) is 37.3 Å². The lowest BCUT2D eigenvalue weighted by Gasteiger charge is -2.36. The molecule has 0 unspecified atom stereocenters. The Hall–Kier alpha value is -4.48. The van der Waals surface area contributed by atoms with Gasteiger partial charge in [-0.2, -0.15) is 0 Å². The van der Waals surface area contributed by atoms with E-state index in [-0.39, 0.29) is 25.7 Å². The molecule has 3 N–H and O–H groups in total. The van der Waals surface area contributed by atoms with Crippen LogP contribution >= 0.6 is 0 Å². The van der Waals surface area contributed by atoms with Crippen molar-refractivity contribution < 1.29 is 38.5 Å². The molecule has 2 aromatic carbocycles. The highest BCUT2D eigenvalue weighted by Crippen LogP contribution is 2.34. The zero-order valence-corrected chi connectivity index (χ0v) is 23.0. The van der Waals surface area contributed by atoms with Crippen molar-refractivity contribution in [2.75, 3.05) is 33.0 Å². The summed E-state index contributed by atoms with van der Waals surface area (Å²) in [6.07, 6.45) is 1.17. The molecule has 0 radical (unpaired) electrons. The molecule has 0 saturated carbocycles. The van der Waals surface area contributed by atoms with Gasteiger partial charge in [-0.3, -0.25) is 9.59 Å². The highest BCUT2D eigenvalue weighted by molar-refractivity contribution is 5.87. The SMILES string of the molecule is CCCC[C@H](NC(=O)N[C@@H](CC(=O)O)c1ccc2c(c1)OCO2)C(=O)N1CCN(C(=O)OCc2ccccc2)CC1. The highest BCUT2D eigenvalue weighted by Gasteiger charge is 2.31. The fraction of sp³-hybridized carbons (Fsp3) is 0.448. The van der Waals surface area contributed by atoms with E-state index in [2.05, 4.69) is 10.6 Å². The van der Waals surface area contributed by atoms with Crippen LogP contribution in [0.2, 0.25) is 0 Å². The normalized spacial score (nSPS) is 15.5. The number of hydrogen-bond acceptors (Lipinski definition) is 7. The van der Waals surface area contributed by atoms with E-state index >= 15 is 0 Å². The number of unbranched alkanes of at least 4 members (excludes halogenated alkanes) is 1. The highest BCUT2D eigenvalue weighted by atomic mass is 16.7. The van der Waals surface area contributed by atoms with Gasteiger partial charge in [-0.05, 0) is 29.7 Å². The van der Waals surface area contributed by atoms with Crippen LogP contribution in [0.1, 0.15) is 49.8 Å². The molecule has 1 saturated heterocycles. The van der Waals surface area contributed by atoms with Gasteiger partial charge in [0.2, 0.25) is 12.7 Å². The van der Waals surface area contributed by atoms with Crippen molar-refractivity contribution >= 4 is 24.0 Å². The summed E-state index contributed by atoms with van der Waals surface area (Å²) in [4.78, 5) is 53.7. The third kappa shape index (κ3) is 8.26. The largest absolute Gasteiger partial charge is 0.481 e. The summed E-state index contributed by atoms with van der Waals surface area (Å²) >= 11 is 0. The van der Waals surface area contributed by atoms with Crippen LogP contribution in [0.5, 0.6) is 11.5 Å². The second-order valence-electron chi connectivity index (χ2n) is 9.93. The Bertz CT molecular complexity index is 1220. The predicted octanol–water partition coefficient (Wildman–Crippen LogP) is 3.27. The Morgan fingerprint density at radius 3 is 2.37 bits per heavy atom. The molecule has 2 aliphatic rings. The molecule has 1 fully saturated rings. The minimum Gasteiger partial charge on any atom is -0.481 e. The maximum atomic E-state index is 13.4. The first-order valence-electron chi connectivity index (χ1n) is 13.8. The molecular weight excluding hydrogens is 532 g/mol. The molecule has 12 nitrogen and oxygen atoms in total. The lowest BCUT2D eigenvalue weighted by molar-refractivity contribution is -0.137. The maximum Gasteiger partial charge on any atom is 0.410 e. The van der Waals surface area contributed by atoms with E-state index in [1.54, 1.807) is 28.0 Å². The second-order valence-corrected chi connectivity index (χ2v) is 9.93. The molecule has 0 bridgehead atoms. The van der Waals surface area contributed by atoms with Gasteiger partial charge in [0, 0.05) is 26.2 Å². The molecular formula is C29H36N4O8. The van der Waals surface area contributed by atoms with Crippen molar-refractivity contribution in [1.82, 2.24) is 20.4 Å². The topological polar surface area (TPSA) is 147 Å². The third-order valence-corrected chi connectivity index (χ3v) is 6.99. The number of piperazine rings is 1. The number of ether oxygens (including phenoxy) is 3. The van der Waals surface area contributed by atoms with E-state index in [4.69, 9.17) is 14.2 Å². The number of hydrogen-bond donors (Lipinski definition) is 3. The Labute approximate surface area is 238 Å². The average Bonchev–Trinajstić information content (AvgIpc) is 3.46. The van der Waals surface area contributed by atoms with Crippen LogP contribution in [0.4, 0.5) is 9.59 Å². The van der Waals surface area contributed by atoms with E-state index in [0.29, 0.717) is 56.1 Å². The molecule has 2 heterocycles. The molecule has 0 aromatic heterocycles. The third-order valence-electron chi connectivity index (χ3n) is 6.99. The summed E-state index contributed by atoms with van der Waals surface area (Å²) < 4.78 is 16.1. The Balaban J connectivity index is 1.32. The molecule has 4 rings (SSSR count). The average molecular weight is 569 g/mol. The number of nitrogens with zero attached hydrogens (tertiary/aromatic N) is 2. The molecule has 4 amide bonds. The number of amides is 4. The number of urea groups is 1. The van der Waals surface area contributed by atoms with Crippen LogP contribution in [-0.4, -0.2) is 77.9 Å². The number of nitrogens with one attached hydrogen (secondary N) is 2. The first-order valence-corrected chi connectivity index (χ1v) is 13.8. The van der Waals surface area contributed by atoms with Crippen molar-refractivity contribution in [2.24, 2.45) is 0 Å². The van der Waals surface area contributed by atoms with E-state index in [1.165, 1.54) is 0 Å². The monoisotopic (exact) mass is 568 g/mol. The molecule has 0 spiro atoms. The standard InChI is InChI=1S/C29H36N4O8/c1-2-3-9-22(27(36)32-12-14-33(15-13-32)29(38)39-18-20-7-5-4-6-8-20)30-28(37)31-23(17-26(34)35)21-10-11-24-25(16-21)41-19-40-24/h4-8,10-11,16,22-23H,2-3,9,12-15,17-19H2,1H3,(H,34,35)(H2,30,31,37)/t22-,23-/m0/s1. The summed E-state index contributed by atoms with van der Waals surface area (Å²) in [6, 6.07) is 12.1. The molecule has 2 aliphatic heterocycles. The lowest BCUT2D eigenvalue weighted by atomic mass is 10.0. The second kappa shape index (κ2) is 14.2. The van der Waals surface area contributed by atoms with Gasteiger partial charge < -0.3 is 39.8 Å². The van der Waals surface area contributed by atoms with Crippen LogP contribution in [0.3, 0.4) is 0 Å². The summed E-state index contributed by atoms with van der Waals surface area (Å²) in [5, 5.41) is 14.9. The minimum atomic E-state index is -1.09. The summed E-state index contributed by atoms with van der Waals surface area (Å²) in [5.41, 5.74) is 1.43. The Morgan fingerprint density at radius 2 is 1.66 bits per heavy atom. The quantitative estimate of drug-likeness (QED) is 0.374. The van der Waals surface area contributed by atoms with Crippen LogP contribution in [0.25, 0.3) is 0 Å². The van der Waals surface area contributed by atoms with Crippen molar-refractivity contribution in [3.05, 3.63) is 59.7 Å². The molecule has 12 heteroatoms. The number of benzene rings is 2. The van der Waals surface area contributed by atoms with Gasteiger partial charge in [0.05, 0.1) is 12.5 Å². The van der Waals surface area contributed by atoms with Crippen LogP contribution in [-0.2, 0) is 20.9 Å². The summed E-state index contributed by atoms with van der Waals surface area (Å²) in [7, 11) is 0. The maximum absolute atomic E-state index is 13.4. The van der Waals surface area contributed by atoms with E-state index in [9.17, 15) is 24.3 Å². The number of aliphatic carboxylic acids is 1.